The van der Waals surface area contributed by atoms with Gasteiger partial charge in [0, 0.05) is 17.6 Å². The minimum absolute atomic E-state index is 0.0529. The Morgan fingerprint density at radius 2 is 2.08 bits per heavy atom. The highest BCUT2D eigenvalue weighted by Crippen LogP contribution is 2.15. The smallest absolute Gasteiger partial charge is 0.0702 e. The van der Waals surface area contributed by atoms with E-state index < -0.39 is 0 Å². The molecular weight excluding hydrogens is 160 g/mol. The Hall–Kier alpha value is -1.41. The summed E-state index contributed by atoms with van der Waals surface area (Å²) in [6.45, 7) is 1.96. The Bertz CT molecular complexity index is 421. The highest BCUT2D eigenvalue weighted by Gasteiger charge is 2.00. The summed E-state index contributed by atoms with van der Waals surface area (Å²) in [5, 5.41) is 1.15. The van der Waals surface area contributed by atoms with Crippen molar-refractivity contribution in [3.8, 4) is 0 Å². The summed E-state index contributed by atoms with van der Waals surface area (Å²) in [6, 6.07) is 10.2. The van der Waals surface area contributed by atoms with Crippen LogP contribution in [0, 0.1) is 0 Å². The van der Waals surface area contributed by atoms with Crippen LogP contribution in [0.2, 0.25) is 0 Å². The lowest BCUT2D eigenvalue weighted by Gasteiger charge is -2.05. The molecule has 0 aliphatic heterocycles. The van der Waals surface area contributed by atoms with Crippen LogP contribution in [0.4, 0.5) is 0 Å². The Labute approximate surface area is 77.4 Å². The number of rotatable bonds is 1. The third kappa shape index (κ3) is 1.53. The molecule has 0 amide bonds. The summed E-state index contributed by atoms with van der Waals surface area (Å²) < 4.78 is 0. The van der Waals surface area contributed by atoms with Crippen molar-refractivity contribution in [2.24, 2.45) is 5.73 Å². The van der Waals surface area contributed by atoms with Crippen molar-refractivity contribution >= 4 is 10.9 Å². The molecule has 2 N–H and O–H groups in total. The van der Waals surface area contributed by atoms with Gasteiger partial charge in [-0.15, -0.1) is 0 Å². The van der Waals surface area contributed by atoms with E-state index in [1.807, 2.05) is 37.4 Å². The van der Waals surface area contributed by atoms with E-state index in [-0.39, 0.29) is 6.04 Å². The highest BCUT2D eigenvalue weighted by atomic mass is 14.7. The number of aromatic nitrogens is 1. The number of para-hydroxylation sites is 1. The van der Waals surface area contributed by atoms with Gasteiger partial charge in [-0.2, -0.15) is 0 Å². The van der Waals surface area contributed by atoms with Gasteiger partial charge < -0.3 is 5.73 Å². The van der Waals surface area contributed by atoms with Crippen molar-refractivity contribution < 1.29 is 0 Å². The van der Waals surface area contributed by atoms with E-state index in [0.717, 1.165) is 16.5 Å². The standard InChI is InChI=1S/C11H12N2/c1-8(12)10-6-9-4-2-3-5-11(9)13-7-10/h2-8H,12H2,1H3/t8-/m1/s1. The number of hydrogen-bond donors (Lipinski definition) is 1. The van der Waals surface area contributed by atoms with Gasteiger partial charge in [0.05, 0.1) is 5.52 Å². The van der Waals surface area contributed by atoms with E-state index in [9.17, 15) is 0 Å². The van der Waals surface area contributed by atoms with Gasteiger partial charge in [-0.3, -0.25) is 4.98 Å². The van der Waals surface area contributed by atoms with E-state index in [1.165, 1.54) is 0 Å². The normalized spacial score (nSPS) is 13.1. The Morgan fingerprint density at radius 3 is 2.85 bits per heavy atom. The summed E-state index contributed by atoms with van der Waals surface area (Å²) in [4.78, 5) is 4.32. The molecule has 0 bridgehead atoms. The molecule has 1 aromatic carbocycles. The van der Waals surface area contributed by atoms with Crippen molar-refractivity contribution in [1.29, 1.82) is 0 Å². The van der Waals surface area contributed by atoms with E-state index in [1.54, 1.807) is 0 Å². The summed E-state index contributed by atoms with van der Waals surface area (Å²) in [6.07, 6.45) is 1.84. The van der Waals surface area contributed by atoms with Gasteiger partial charge in [0.25, 0.3) is 0 Å². The maximum absolute atomic E-state index is 5.76. The zero-order valence-electron chi connectivity index (χ0n) is 7.57. The van der Waals surface area contributed by atoms with Crippen LogP contribution in [0.3, 0.4) is 0 Å². The van der Waals surface area contributed by atoms with Gasteiger partial charge in [0.2, 0.25) is 0 Å². The minimum atomic E-state index is 0.0529. The minimum Gasteiger partial charge on any atom is -0.324 e. The van der Waals surface area contributed by atoms with Crippen LogP contribution in [0.5, 0.6) is 0 Å². The number of nitrogens with two attached hydrogens (primary N) is 1. The fourth-order valence-electron chi connectivity index (χ4n) is 1.34. The molecule has 0 fully saturated rings. The molecule has 2 aromatic rings. The Morgan fingerprint density at radius 1 is 1.31 bits per heavy atom. The topological polar surface area (TPSA) is 38.9 Å². The van der Waals surface area contributed by atoms with E-state index >= 15 is 0 Å². The first-order valence-corrected chi connectivity index (χ1v) is 4.37. The Kier molecular flexibility index (Phi) is 1.99. The van der Waals surface area contributed by atoms with Crippen LogP contribution < -0.4 is 5.73 Å². The molecule has 1 heterocycles. The molecule has 0 saturated heterocycles. The molecule has 13 heavy (non-hydrogen) atoms. The van der Waals surface area contributed by atoms with Crippen LogP contribution in [-0.2, 0) is 0 Å². The van der Waals surface area contributed by atoms with Crippen LogP contribution >= 0.6 is 0 Å². The molecule has 0 spiro atoms. The van der Waals surface area contributed by atoms with E-state index in [0.29, 0.717) is 0 Å². The van der Waals surface area contributed by atoms with Crippen molar-refractivity contribution in [3.63, 3.8) is 0 Å². The number of benzene rings is 1. The summed E-state index contributed by atoms with van der Waals surface area (Å²) >= 11 is 0. The predicted molar refractivity (Wildman–Crippen MR) is 54.3 cm³/mol. The molecule has 0 saturated carbocycles. The molecule has 0 radical (unpaired) electrons. The van der Waals surface area contributed by atoms with Crippen LogP contribution in [0.15, 0.2) is 36.5 Å². The maximum atomic E-state index is 5.76. The predicted octanol–water partition coefficient (Wildman–Crippen LogP) is 2.25. The Balaban J connectivity index is 2.62. The fourth-order valence-corrected chi connectivity index (χ4v) is 1.34. The number of pyridine rings is 1. The molecule has 0 aliphatic carbocycles. The number of hydrogen-bond acceptors (Lipinski definition) is 2. The molecule has 1 aromatic heterocycles. The van der Waals surface area contributed by atoms with Crippen LogP contribution in [0.1, 0.15) is 18.5 Å². The quantitative estimate of drug-likeness (QED) is 0.716. The average Bonchev–Trinajstić information content (AvgIpc) is 2.17. The zero-order valence-corrected chi connectivity index (χ0v) is 7.57. The van der Waals surface area contributed by atoms with Gasteiger partial charge in [0.1, 0.15) is 0 Å². The number of fused-ring (bicyclic) bond motifs is 1. The first-order chi connectivity index (χ1) is 6.27. The molecule has 1 atom stereocenters. The lowest BCUT2D eigenvalue weighted by atomic mass is 10.1. The lowest BCUT2D eigenvalue weighted by molar-refractivity contribution is 0.814. The van der Waals surface area contributed by atoms with Crippen molar-refractivity contribution in [1.82, 2.24) is 4.98 Å². The highest BCUT2D eigenvalue weighted by molar-refractivity contribution is 5.78. The lowest BCUT2D eigenvalue weighted by Crippen LogP contribution is -2.04. The molecule has 2 heteroatoms. The molecule has 2 nitrogen and oxygen atoms in total. The molecule has 0 unspecified atom stereocenters. The third-order valence-corrected chi connectivity index (χ3v) is 2.14. The maximum Gasteiger partial charge on any atom is 0.0702 e. The van der Waals surface area contributed by atoms with E-state index in [4.69, 9.17) is 5.73 Å². The molecule has 2 rings (SSSR count). The van der Waals surface area contributed by atoms with Gasteiger partial charge in [-0.05, 0) is 24.6 Å². The average molecular weight is 172 g/mol. The van der Waals surface area contributed by atoms with Crippen molar-refractivity contribution in [2.75, 3.05) is 0 Å². The second-order valence-corrected chi connectivity index (χ2v) is 3.25. The first-order valence-electron chi connectivity index (χ1n) is 4.37. The third-order valence-electron chi connectivity index (χ3n) is 2.14. The number of nitrogens with zero attached hydrogens (tertiary/aromatic N) is 1. The summed E-state index contributed by atoms with van der Waals surface area (Å²) in [5.74, 6) is 0. The van der Waals surface area contributed by atoms with Gasteiger partial charge in [-0.25, -0.2) is 0 Å². The molecular formula is C11H12N2. The SMILES string of the molecule is C[C@@H](N)c1cnc2ccccc2c1. The van der Waals surface area contributed by atoms with Crippen LogP contribution in [-0.4, -0.2) is 4.98 Å². The monoisotopic (exact) mass is 172 g/mol. The summed E-state index contributed by atoms with van der Waals surface area (Å²) in [7, 11) is 0. The first kappa shape index (κ1) is 8.20. The van der Waals surface area contributed by atoms with Crippen LogP contribution in [0.25, 0.3) is 10.9 Å². The molecule has 0 aliphatic rings. The fraction of sp³-hybridized carbons (Fsp3) is 0.182. The van der Waals surface area contributed by atoms with Crippen molar-refractivity contribution in [3.05, 3.63) is 42.1 Å². The van der Waals surface area contributed by atoms with Gasteiger partial charge in [0.15, 0.2) is 0 Å². The van der Waals surface area contributed by atoms with Gasteiger partial charge >= 0.3 is 0 Å². The van der Waals surface area contributed by atoms with Gasteiger partial charge in [-0.1, -0.05) is 18.2 Å². The van der Waals surface area contributed by atoms with Crippen molar-refractivity contribution in [2.45, 2.75) is 13.0 Å². The second kappa shape index (κ2) is 3.15. The largest absolute Gasteiger partial charge is 0.324 e. The zero-order chi connectivity index (χ0) is 9.26. The second-order valence-electron chi connectivity index (χ2n) is 3.25. The van der Waals surface area contributed by atoms with E-state index in [2.05, 4.69) is 11.1 Å². The molecule has 66 valence electrons. The summed E-state index contributed by atoms with van der Waals surface area (Å²) in [5.41, 5.74) is 7.87.